The molecule has 0 bridgehead atoms. The van der Waals surface area contributed by atoms with Crippen molar-refractivity contribution in [3.05, 3.63) is 35.9 Å². The lowest BCUT2D eigenvalue weighted by molar-refractivity contribution is -0.144. The van der Waals surface area contributed by atoms with Crippen molar-refractivity contribution in [2.45, 2.75) is 101 Å². The fraction of sp³-hybridized carbons (Fsp3) is 0.611. The summed E-state index contributed by atoms with van der Waals surface area (Å²) < 4.78 is 0. The van der Waals surface area contributed by atoms with Crippen LogP contribution in [0.25, 0.3) is 0 Å². The fourth-order valence-electron chi connectivity index (χ4n) is 5.33. The molecule has 326 valence electrons. The summed E-state index contributed by atoms with van der Waals surface area (Å²) >= 11 is 0. The van der Waals surface area contributed by atoms with Crippen LogP contribution >= 0.6 is 0 Å². The Hall–Kier alpha value is -4.94. The van der Waals surface area contributed by atoms with Gasteiger partial charge in [0.2, 0.25) is 41.1 Å². The number of hydrazine groups is 1. The van der Waals surface area contributed by atoms with Gasteiger partial charge in [0.15, 0.2) is 0 Å². The van der Waals surface area contributed by atoms with Gasteiger partial charge >= 0.3 is 5.97 Å². The van der Waals surface area contributed by atoms with Crippen LogP contribution in [-0.2, 0) is 44.8 Å². The standard InChI is InChI=1S/C36H59N9O13/c1-20(49)30(43-33(54)22(16-28(39)50)9-10-23(37)17-46)32(53)31(52)27(19-48)45-44-25(36(57)58)11-12-29(51)40-13-5-6-14-41-35(56)26(42-34(55)24(38)18-47)15-21-7-3-2-4-8-21/h2-4,7-8,20,22-27,30,44-49H,5-6,9-19,37-38H2,1H3,(H2,39,50)(H,40,51)(H,41,56)(H,42,55)(H,43,54)(H,57,58)/t20-,22?,23?,24?,25?,26?,27?,30+/m1/s1. The Morgan fingerprint density at radius 2 is 1.33 bits per heavy atom. The van der Waals surface area contributed by atoms with Crippen molar-refractivity contribution >= 4 is 47.1 Å². The predicted molar refractivity (Wildman–Crippen MR) is 205 cm³/mol. The molecular formula is C36H59N9O13. The molecule has 0 saturated heterocycles. The molecule has 1 aromatic rings. The van der Waals surface area contributed by atoms with E-state index in [1.54, 1.807) is 30.3 Å². The number of carboxylic acids is 1. The lowest BCUT2D eigenvalue weighted by Gasteiger charge is -2.25. The van der Waals surface area contributed by atoms with E-state index < -0.39 is 122 Å². The highest BCUT2D eigenvalue weighted by Crippen LogP contribution is 2.14. The van der Waals surface area contributed by atoms with Gasteiger partial charge in [0.1, 0.15) is 30.2 Å². The number of aliphatic hydroxyl groups excluding tert-OH is 4. The summed E-state index contributed by atoms with van der Waals surface area (Å²) in [6, 6.07) is 1.03. The van der Waals surface area contributed by atoms with Crippen molar-refractivity contribution in [1.82, 2.24) is 32.1 Å². The summed E-state index contributed by atoms with van der Waals surface area (Å²) in [6.07, 6.45) is -1.55. The third-order valence-corrected chi connectivity index (χ3v) is 8.81. The second-order valence-electron chi connectivity index (χ2n) is 13.7. The van der Waals surface area contributed by atoms with Crippen LogP contribution in [0, 0.1) is 5.92 Å². The summed E-state index contributed by atoms with van der Waals surface area (Å²) in [5, 5.41) is 58.1. The molecule has 0 saturated carbocycles. The van der Waals surface area contributed by atoms with Gasteiger partial charge in [-0.15, -0.1) is 0 Å². The number of aliphatic hydroxyl groups is 4. The molecule has 0 radical (unpaired) electrons. The van der Waals surface area contributed by atoms with Crippen LogP contribution in [-0.4, -0.2) is 148 Å². The molecule has 58 heavy (non-hydrogen) atoms. The molecule has 0 fully saturated rings. The van der Waals surface area contributed by atoms with Crippen LogP contribution in [0.15, 0.2) is 30.3 Å². The monoisotopic (exact) mass is 825 g/mol. The Morgan fingerprint density at radius 1 is 0.707 bits per heavy atom. The minimum Gasteiger partial charge on any atom is -0.480 e. The number of Topliss-reactive ketones (excluding diaryl/α,β-unsaturated/α-hetero) is 2. The molecule has 22 nitrogen and oxygen atoms in total. The molecule has 1 aromatic carbocycles. The molecule has 8 atom stereocenters. The molecule has 5 amide bonds. The molecule has 0 aliphatic carbocycles. The molecule has 0 aliphatic heterocycles. The first-order valence-corrected chi connectivity index (χ1v) is 18.8. The number of carboxylic acid groups (broad SMARTS) is 1. The number of carbonyl (C=O) groups is 8. The second kappa shape index (κ2) is 27.7. The van der Waals surface area contributed by atoms with E-state index in [0.717, 1.165) is 12.5 Å². The number of primary amides is 1. The zero-order valence-corrected chi connectivity index (χ0v) is 32.4. The number of benzene rings is 1. The highest BCUT2D eigenvalue weighted by atomic mass is 16.4. The number of ketones is 2. The number of amides is 5. The smallest absolute Gasteiger partial charge is 0.322 e. The highest BCUT2D eigenvalue weighted by Gasteiger charge is 2.36. The van der Waals surface area contributed by atoms with Crippen LogP contribution in [0.3, 0.4) is 0 Å². The normalized spacial score (nSPS) is 15.3. The number of nitrogens with two attached hydrogens (primary N) is 3. The summed E-state index contributed by atoms with van der Waals surface area (Å²) in [5.41, 5.74) is 21.8. The predicted octanol–water partition coefficient (Wildman–Crippen LogP) is -5.67. The maximum atomic E-state index is 13.1. The number of aliphatic carboxylic acids is 1. The first-order valence-electron chi connectivity index (χ1n) is 18.8. The zero-order chi connectivity index (χ0) is 43.8. The van der Waals surface area contributed by atoms with Gasteiger partial charge in [-0.1, -0.05) is 30.3 Å². The van der Waals surface area contributed by atoms with Crippen molar-refractivity contribution in [3.63, 3.8) is 0 Å². The van der Waals surface area contributed by atoms with E-state index in [4.69, 9.17) is 22.3 Å². The van der Waals surface area contributed by atoms with Gasteiger partial charge in [0.25, 0.3) is 0 Å². The van der Waals surface area contributed by atoms with Gasteiger partial charge in [0.05, 0.1) is 25.9 Å². The summed E-state index contributed by atoms with van der Waals surface area (Å²) in [5.74, 6) is -8.69. The lowest BCUT2D eigenvalue weighted by atomic mass is 9.94. The maximum Gasteiger partial charge on any atom is 0.322 e. The van der Waals surface area contributed by atoms with Crippen LogP contribution in [0.1, 0.15) is 57.4 Å². The van der Waals surface area contributed by atoms with Gasteiger partial charge in [-0.05, 0) is 44.6 Å². The SMILES string of the molecule is C[C@@H](O)[C@H](NC(=O)C(CCC(N)CO)CC(N)=O)C(=O)C(=O)C(CO)NNC(CCC(=O)NCCCCNC(=O)C(Cc1ccccc1)NC(=O)C(N)CO)C(=O)O. The van der Waals surface area contributed by atoms with E-state index in [-0.39, 0.29) is 45.2 Å². The molecule has 0 aliphatic rings. The Morgan fingerprint density at radius 3 is 1.88 bits per heavy atom. The lowest BCUT2D eigenvalue weighted by Crippen LogP contribution is -2.59. The topological polar surface area (TPSA) is 388 Å². The van der Waals surface area contributed by atoms with E-state index in [1.807, 2.05) is 0 Å². The molecule has 6 unspecified atom stereocenters. The molecule has 0 aromatic heterocycles. The molecule has 17 N–H and O–H groups in total. The van der Waals surface area contributed by atoms with E-state index >= 15 is 0 Å². The fourth-order valence-corrected chi connectivity index (χ4v) is 5.33. The average molecular weight is 826 g/mol. The minimum atomic E-state index is -1.82. The Bertz CT molecular complexity index is 1500. The molecule has 1 rings (SSSR count). The number of nitrogens with one attached hydrogen (secondary N) is 6. The molecular weight excluding hydrogens is 766 g/mol. The number of hydrogen-bond donors (Lipinski definition) is 14. The van der Waals surface area contributed by atoms with Crippen molar-refractivity contribution < 1.29 is 63.9 Å². The molecule has 0 spiro atoms. The van der Waals surface area contributed by atoms with Crippen LogP contribution in [0.2, 0.25) is 0 Å². The number of rotatable bonds is 31. The minimum absolute atomic E-state index is 0.0202. The van der Waals surface area contributed by atoms with Gasteiger partial charge in [-0.2, -0.15) is 0 Å². The first-order chi connectivity index (χ1) is 27.4. The maximum absolute atomic E-state index is 13.1. The van der Waals surface area contributed by atoms with Crippen molar-refractivity contribution in [3.8, 4) is 0 Å². The number of hydrogen-bond acceptors (Lipinski definition) is 16. The van der Waals surface area contributed by atoms with Crippen molar-refractivity contribution in [2.24, 2.45) is 23.1 Å². The third kappa shape index (κ3) is 19.5. The van der Waals surface area contributed by atoms with E-state index in [1.165, 1.54) is 0 Å². The van der Waals surface area contributed by atoms with Gasteiger partial charge in [-0.3, -0.25) is 38.4 Å². The van der Waals surface area contributed by atoms with E-state index in [0.29, 0.717) is 12.8 Å². The number of unbranched alkanes of at least 4 members (excludes halogenated alkanes) is 1. The van der Waals surface area contributed by atoms with Gasteiger partial charge < -0.3 is 64.0 Å². The largest absolute Gasteiger partial charge is 0.480 e. The molecule has 22 heteroatoms. The summed E-state index contributed by atoms with van der Waals surface area (Å²) in [6.45, 7) is -0.529. The summed E-state index contributed by atoms with van der Waals surface area (Å²) in [4.78, 5) is 100.0. The first kappa shape index (κ1) is 51.1. The summed E-state index contributed by atoms with van der Waals surface area (Å²) in [7, 11) is 0. The Kier molecular flexibility index (Phi) is 24.4. The average Bonchev–Trinajstić information content (AvgIpc) is 3.19. The quantitative estimate of drug-likeness (QED) is 0.0188. The van der Waals surface area contributed by atoms with Crippen LogP contribution < -0.4 is 49.3 Å². The van der Waals surface area contributed by atoms with E-state index in [2.05, 4.69) is 32.1 Å². The van der Waals surface area contributed by atoms with Gasteiger partial charge in [0, 0.05) is 44.3 Å². The van der Waals surface area contributed by atoms with Gasteiger partial charge in [-0.25, -0.2) is 10.9 Å². The Balaban J connectivity index is 2.65. The molecule has 0 heterocycles. The number of carbonyl (C=O) groups excluding carboxylic acids is 7. The van der Waals surface area contributed by atoms with Crippen LogP contribution in [0.5, 0.6) is 0 Å². The highest BCUT2D eigenvalue weighted by molar-refractivity contribution is 6.41. The van der Waals surface area contributed by atoms with Crippen LogP contribution in [0.4, 0.5) is 0 Å². The van der Waals surface area contributed by atoms with E-state index in [9.17, 15) is 58.8 Å². The van der Waals surface area contributed by atoms with Crippen molar-refractivity contribution in [2.75, 3.05) is 32.9 Å². The van der Waals surface area contributed by atoms with Crippen molar-refractivity contribution in [1.29, 1.82) is 0 Å². The Labute approximate surface area is 335 Å². The third-order valence-electron chi connectivity index (χ3n) is 8.81. The zero-order valence-electron chi connectivity index (χ0n) is 32.4. The second-order valence-corrected chi connectivity index (χ2v) is 13.7.